The van der Waals surface area contributed by atoms with Crippen LogP contribution >= 0.6 is 0 Å². The normalized spacial score (nSPS) is 14.2. The molecular formula is C9H11O2S. The van der Waals surface area contributed by atoms with Crippen molar-refractivity contribution in [1.29, 1.82) is 0 Å². The van der Waals surface area contributed by atoms with Gasteiger partial charge in [0.1, 0.15) is 0 Å². The third kappa shape index (κ3) is 2.08. The van der Waals surface area contributed by atoms with Gasteiger partial charge in [0.15, 0.2) is 9.84 Å². The summed E-state index contributed by atoms with van der Waals surface area (Å²) in [4.78, 5) is 0. The second-order valence-corrected chi connectivity index (χ2v) is 5.16. The smallest absolute Gasteiger partial charge is 0.154 e. The molecule has 0 saturated carbocycles. The highest BCUT2D eigenvalue weighted by atomic mass is 32.2. The summed E-state index contributed by atoms with van der Waals surface area (Å²) in [5.41, 5.74) is 0.722. The first kappa shape index (κ1) is 9.26. The average Bonchev–Trinajstić information content (AvgIpc) is 2.03. The van der Waals surface area contributed by atoms with Gasteiger partial charge in [-0.25, -0.2) is 8.42 Å². The van der Waals surface area contributed by atoms with Crippen molar-refractivity contribution in [2.75, 3.05) is 6.26 Å². The summed E-state index contributed by atoms with van der Waals surface area (Å²) in [5, 5.41) is -0.460. The molecule has 1 rings (SSSR count). The van der Waals surface area contributed by atoms with Gasteiger partial charge in [-0.05, 0) is 18.6 Å². The Hall–Kier alpha value is -0.830. The summed E-state index contributed by atoms with van der Waals surface area (Å²) >= 11 is 0. The maximum absolute atomic E-state index is 11.1. The molecule has 2 nitrogen and oxygen atoms in total. The minimum Gasteiger partial charge on any atom is -0.229 e. The molecule has 1 aromatic rings. The van der Waals surface area contributed by atoms with Gasteiger partial charge in [-0.1, -0.05) is 24.3 Å². The monoisotopic (exact) mass is 183 g/mol. The van der Waals surface area contributed by atoms with Gasteiger partial charge in [0, 0.05) is 6.26 Å². The van der Waals surface area contributed by atoms with Crippen molar-refractivity contribution in [3.8, 4) is 0 Å². The molecular weight excluding hydrogens is 172 g/mol. The van der Waals surface area contributed by atoms with E-state index < -0.39 is 15.1 Å². The summed E-state index contributed by atoms with van der Waals surface area (Å²) in [5.74, 6) is 0. The lowest BCUT2D eigenvalue weighted by atomic mass is 10.2. The molecule has 3 heteroatoms. The van der Waals surface area contributed by atoms with E-state index in [9.17, 15) is 8.42 Å². The van der Waals surface area contributed by atoms with Crippen LogP contribution in [0, 0.1) is 6.07 Å². The molecule has 0 aliphatic carbocycles. The van der Waals surface area contributed by atoms with Crippen LogP contribution in [0.4, 0.5) is 0 Å². The zero-order valence-corrected chi connectivity index (χ0v) is 7.93. The van der Waals surface area contributed by atoms with Gasteiger partial charge in [-0.2, -0.15) is 0 Å². The Bertz CT molecular complexity index is 340. The molecule has 65 valence electrons. The molecule has 0 bridgehead atoms. The van der Waals surface area contributed by atoms with E-state index in [0.717, 1.165) is 5.56 Å². The van der Waals surface area contributed by atoms with Crippen molar-refractivity contribution in [2.45, 2.75) is 12.2 Å². The lowest BCUT2D eigenvalue weighted by molar-refractivity contribution is 0.592. The summed E-state index contributed by atoms with van der Waals surface area (Å²) in [7, 11) is -2.99. The van der Waals surface area contributed by atoms with E-state index in [1.807, 2.05) is 12.1 Å². The first-order chi connectivity index (χ1) is 5.52. The molecule has 0 aliphatic heterocycles. The highest BCUT2D eigenvalue weighted by Gasteiger charge is 2.16. The fourth-order valence-corrected chi connectivity index (χ4v) is 1.50. The topological polar surface area (TPSA) is 34.1 Å². The van der Waals surface area contributed by atoms with E-state index in [-0.39, 0.29) is 0 Å². The van der Waals surface area contributed by atoms with Crippen LogP contribution in [0.2, 0.25) is 0 Å². The van der Waals surface area contributed by atoms with Crippen LogP contribution in [-0.2, 0) is 9.84 Å². The van der Waals surface area contributed by atoms with E-state index in [1.54, 1.807) is 19.1 Å². The van der Waals surface area contributed by atoms with Crippen molar-refractivity contribution in [2.24, 2.45) is 0 Å². The predicted molar refractivity (Wildman–Crippen MR) is 48.5 cm³/mol. The van der Waals surface area contributed by atoms with Crippen LogP contribution < -0.4 is 0 Å². The Morgan fingerprint density at radius 2 is 2.08 bits per heavy atom. The molecule has 1 aromatic carbocycles. The van der Waals surface area contributed by atoms with Gasteiger partial charge >= 0.3 is 0 Å². The molecule has 0 heterocycles. The lowest BCUT2D eigenvalue weighted by Gasteiger charge is -2.07. The quantitative estimate of drug-likeness (QED) is 0.697. The predicted octanol–water partition coefficient (Wildman–Crippen LogP) is 1.59. The molecule has 0 aliphatic rings. The fraction of sp³-hybridized carbons (Fsp3) is 0.333. The number of rotatable bonds is 2. The van der Waals surface area contributed by atoms with Gasteiger partial charge < -0.3 is 0 Å². The first-order valence-electron chi connectivity index (χ1n) is 3.67. The molecule has 0 saturated heterocycles. The summed E-state index contributed by atoms with van der Waals surface area (Å²) in [6.45, 7) is 1.67. The van der Waals surface area contributed by atoms with Crippen LogP contribution in [0.1, 0.15) is 17.7 Å². The molecule has 0 aromatic heterocycles. The second-order valence-electron chi connectivity index (χ2n) is 2.79. The van der Waals surface area contributed by atoms with E-state index in [2.05, 4.69) is 6.07 Å². The van der Waals surface area contributed by atoms with E-state index in [0.29, 0.717) is 0 Å². The second kappa shape index (κ2) is 3.27. The fourth-order valence-electron chi connectivity index (χ4n) is 0.891. The van der Waals surface area contributed by atoms with Crippen LogP contribution in [-0.4, -0.2) is 14.7 Å². The van der Waals surface area contributed by atoms with Gasteiger partial charge in [0.05, 0.1) is 5.25 Å². The largest absolute Gasteiger partial charge is 0.229 e. The number of benzene rings is 1. The zero-order valence-electron chi connectivity index (χ0n) is 7.11. The SMILES string of the molecule is CC(c1[c]cccc1)S(C)(=O)=O. The number of hydrogen-bond acceptors (Lipinski definition) is 2. The van der Waals surface area contributed by atoms with Crippen LogP contribution in [0.25, 0.3) is 0 Å². The van der Waals surface area contributed by atoms with Crippen molar-refractivity contribution < 1.29 is 8.42 Å². The molecule has 1 atom stereocenters. The molecule has 0 spiro atoms. The van der Waals surface area contributed by atoms with E-state index in [4.69, 9.17) is 0 Å². The van der Waals surface area contributed by atoms with E-state index in [1.165, 1.54) is 6.26 Å². The molecule has 12 heavy (non-hydrogen) atoms. The molecule has 1 radical (unpaired) electrons. The average molecular weight is 183 g/mol. The van der Waals surface area contributed by atoms with Crippen LogP contribution in [0.5, 0.6) is 0 Å². The Kier molecular flexibility index (Phi) is 2.52. The first-order valence-corrected chi connectivity index (χ1v) is 5.63. The zero-order chi connectivity index (χ0) is 9.19. The van der Waals surface area contributed by atoms with Gasteiger partial charge in [-0.3, -0.25) is 0 Å². The van der Waals surface area contributed by atoms with Crippen molar-refractivity contribution in [1.82, 2.24) is 0 Å². The Morgan fingerprint density at radius 1 is 1.42 bits per heavy atom. The summed E-state index contributed by atoms with van der Waals surface area (Å²) < 4.78 is 22.2. The van der Waals surface area contributed by atoms with Crippen molar-refractivity contribution in [3.05, 3.63) is 35.9 Å². The molecule has 1 unspecified atom stereocenters. The van der Waals surface area contributed by atoms with Gasteiger partial charge in [-0.15, -0.1) is 0 Å². The third-order valence-corrected chi connectivity index (χ3v) is 3.35. The Labute approximate surface area is 73.2 Å². The van der Waals surface area contributed by atoms with Gasteiger partial charge in [0.2, 0.25) is 0 Å². The number of hydrogen-bond donors (Lipinski definition) is 0. The highest BCUT2D eigenvalue weighted by Crippen LogP contribution is 2.19. The standard InChI is InChI=1S/C9H11O2S/c1-8(12(2,10)11)9-6-4-3-5-7-9/h3-6,8H,1-2H3. The molecule has 0 N–H and O–H groups in total. The Morgan fingerprint density at radius 3 is 2.50 bits per heavy atom. The maximum atomic E-state index is 11.1. The summed E-state index contributed by atoms with van der Waals surface area (Å²) in [6.07, 6.45) is 1.23. The molecule has 0 amide bonds. The van der Waals surface area contributed by atoms with Crippen LogP contribution in [0.15, 0.2) is 24.3 Å². The van der Waals surface area contributed by atoms with Crippen molar-refractivity contribution >= 4 is 9.84 Å². The maximum Gasteiger partial charge on any atom is 0.154 e. The minimum atomic E-state index is -2.99. The van der Waals surface area contributed by atoms with Crippen LogP contribution in [0.3, 0.4) is 0 Å². The van der Waals surface area contributed by atoms with Crippen molar-refractivity contribution in [3.63, 3.8) is 0 Å². The van der Waals surface area contributed by atoms with Gasteiger partial charge in [0.25, 0.3) is 0 Å². The minimum absolute atomic E-state index is 0.460. The number of sulfone groups is 1. The van der Waals surface area contributed by atoms with E-state index >= 15 is 0 Å². The lowest BCUT2D eigenvalue weighted by Crippen LogP contribution is -2.07. The molecule has 0 fully saturated rings. The third-order valence-electron chi connectivity index (χ3n) is 1.81. The highest BCUT2D eigenvalue weighted by molar-refractivity contribution is 7.90. The summed E-state index contributed by atoms with van der Waals surface area (Å²) in [6, 6.07) is 10.0. The Balaban J connectivity index is 3.02.